The van der Waals surface area contributed by atoms with E-state index in [0.29, 0.717) is 25.1 Å². The third-order valence-corrected chi connectivity index (χ3v) is 4.41. The number of nitrogens with one attached hydrogen (secondary N) is 1. The van der Waals surface area contributed by atoms with Gasteiger partial charge in [0.05, 0.1) is 17.6 Å². The van der Waals surface area contributed by atoms with E-state index >= 15 is 0 Å². The standard InChI is InChI=1S/C19H15F3N4O3/c20-19(21,22)12-7-15(18(25-9-12)29-14-5-10(6-14)8-23)17(28)26-13-3-1-11(2-4-13)16(24)27/h1-4,7,9-10,14H,5-6H2,(H2,24,27)(H,26,28). The molecule has 0 unspecified atom stereocenters. The molecule has 29 heavy (non-hydrogen) atoms. The molecule has 0 aliphatic heterocycles. The van der Waals surface area contributed by atoms with Crippen LogP contribution in [0.25, 0.3) is 0 Å². The molecule has 1 aromatic heterocycles. The van der Waals surface area contributed by atoms with Gasteiger partial charge in [0.2, 0.25) is 11.8 Å². The zero-order valence-corrected chi connectivity index (χ0v) is 14.9. The second-order valence-electron chi connectivity index (χ2n) is 6.51. The first kappa shape index (κ1) is 20.1. The lowest BCUT2D eigenvalue weighted by Gasteiger charge is -2.31. The third-order valence-electron chi connectivity index (χ3n) is 4.41. The highest BCUT2D eigenvalue weighted by atomic mass is 19.4. The smallest absolute Gasteiger partial charge is 0.417 e. The number of carbonyl (C=O) groups is 2. The molecule has 0 bridgehead atoms. The molecular formula is C19H15F3N4O3. The molecule has 0 radical (unpaired) electrons. The van der Waals surface area contributed by atoms with Crippen molar-refractivity contribution in [3.8, 4) is 11.9 Å². The van der Waals surface area contributed by atoms with Crippen LogP contribution in [0.4, 0.5) is 18.9 Å². The van der Waals surface area contributed by atoms with Crippen LogP contribution in [0, 0.1) is 17.2 Å². The number of nitrogens with two attached hydrogens (primary N) is 1. The average molecular weight is 404 g/mol. The van der Waals surface area contributed by atoms with Gasteiger partial charge in [-0.2, -0.15) is 18.4 Å². The molecule has 1 aliphatic carbocycles. The molecule has 3 N–H and O–H groups in total. The van der Waals surface area contributed by atoms with E-state index in [0.717, 1.165) is 0 Å². The van der Waals surface area contributed by atoms with Crippen LogP contribution in [0.5, 0.6) is 5.88 Å². The van der Waals surface area contributed by atoms with Crippen LogP contribution in [-0.4, -0.2) is 22.9 Å². The Morgan fingerprint density at radius 1 is 1.24 bits per heavy atom. The van der Waals surface area contributed by atoms with Crippen molar-refractivity contribution in [2.24, 2.45) is 11.7 Å². The van der Waals surface area contributed by atoms with Crippen molar-refractivity contribution in [1.82, 2.24) is 4.98 Å². The number of nitrogens with zero attached hydrogens (tertiary/aromatic N) is 2. The number of hydrogen-bond acceptors (Lipinski definition) is 5. The Bertz CT molecular complexity index is 978. The highest BCUT2D eigenvalue weighted by Gasteiger charge is 2.35. The maximum atomic E-state index is 13.1. The fraction of sp³-hybridized carbons (Fsp3) is 0.263. The van der Waals surface area contributed by atoms with Crippen molar-refractivity contribution in [3.63, 3.8) is 0 Å². The van der Waals surface area contributed by atoms with Crippen LogP contribution in [0.2, 0.25) is 0 Å². The number of hydrogen-bond donors (Lipinski definition) is 2. The van der Waals surface area contributed by atoms with E-state index in [1.54, 1.807) is 0 Å². The molecule has 7 nitrogen and oxygen atoms in total. The molecule has 3 rings (SSSR count). The zero-order chi connectivity index (χ0) is 21.2. The molecule has 1 fully saturated rings. The average Bonchev–Trinajstić information content (AvgIpc) is 2.63. The van der Waals surface area contributed by atoms with E-state index in [1.165, 1.54) is 24.3 Å². The normalized spacial score (nSPS) is 18.3. The van der Waals surface area contributed by atoms with Gasteiger partial charge < -0.3 is 15.8 Å². The summed E-state index contributed by atoms with van der Waals surface area (Å²) in [5.74, 6) is -1.94. The van der Waals surface area contributed by atoms with Gasteiger partial charge in [-0.15, -0.1) is 0 Å². The van der Waals surface area contributed by atoms with E-state index in [1.807, 2.05) is 0 Å². The maximum Gasteiger partial charge on any atom is 0.417 e. The SMILES string of the molecule is N#CC1CC(Oc2ncc(C(F)(F)F)cc2C(=O)Nc2ccc(C(N)=O)cc2)C1. The fourth-order valence-electron chi connectivity index (χ4n) is 2.71. The minimum Gasteiger partial charge on any atom is -0.474 e. The molecule has 0 saturated heterocycles. The molecule has 0 spiro atoms. The van der Waals surface area contributed by atoms with E-state index in [-0.39, 0.29) is 28.6 Å². The summed E-state index contributed by atoms with van der Waals surface area (Å²) in [5, 5.41) is 11.3. The van der Waals surface area contributed by atoms with Gasteiger partial charge in [0.25, 0.3) is 5.91 Å². The third kappa shape index (κ3) is 4.63. The van der Waals surface area contributed by atoms with E-state index in [4.69, 9.17) is 15.7 Å². The summed E-state index contributed by atoms with van der Waals surface area (Å²) in [6, 6.07) is 8.26. The number of alkyl halides is 3. The number of primary amides is 1. The maximum absolute atomic E-state index is 13.1. The topological polar surface area (TPSA) is 118 Å². The number of carbonyl (C=O) groups excluding carboxylic acids is 2. The minimum atomic E-state index is -4.69. The first-order valence-electron chi connectivity index (χ1n) is 8.52. The summed E-state index contributed by atoms with van der Waals surface area (Å²) >= 11 is 0. The first-order chi connectivity index (χ1) is 13.7. The predicted molar refractivity (Wildman–Crippen MR) is 94.9 cm³/mol. The van der Waals surface area contributed by atoms with Gasteiger partial charge in [-0.1, -0.05) is 0 Å². The number of halogens is 3. The quantitative estimate of drug-likeness (QED) is 0.794. The van der Waals surface area contributed by atoms with Crippen molar-refractivity contribution < 1.29 is 27.5 Å². The number of nitriles is 1. The Kier molecular flexibility index (Phi) is 5.41. The first-order valence-corrected chi connectivity index (χ1v) is 8.52. The van der Waals surface area contributed by atoms with Gasteiger partial charge in [0.15, 0.2) is 0 Å². The van der Waals surface area contributed by atoms with Crippen molar-refractivity contribution in [2.75, 3.05) is 5.32 Å². The lowest BCUT2D eigenvalue weighted by molar-refractivity contribution is -0.137. The second-order valence-corrected chi connectivity index (χ2v) is 6.51. The molecule has 1 heterocycles. The van der Waals surface area contributed by atoms with E-state index in [2.05, 4.69) is 16.4 Å². The zero-order valence-electron chi connectivity index (χ0n) is 14.9. The number of amides is 2. The molecule has 150 valence electrons. The highest BCUT2D eigenvalue weighted by molar-refractivity contribution is 6.06. The number of ether oxygens (including phenoxy) is 1. The Balaban J connectivity index is 1.84. The number of benzene rings is 1. The molecule has 0 atom stereocenters. The number of pyridine rings is 1. The van der Waals surface area contributed by atoms with Gasteiger partial charge in [0.1, 0.15) is 11.7 Å². The molecule has 1 aliphatic rings. The number of rotatable bonds is 5. The van der Waals surface area contributed by atoms with Gasteiger partial charge in [0, 0.05) is 30.3 Å². The fourth-order valence-corrected chi connectivity index (χ4v) is 2.71. The Labute approximate surface area is 163 Å². The molecule has 2 aromatic rings. The van der Waals surface area contributed by atoms with Crippen molar-refractivity contribution in [2.45, 2.75) is 25.1 Å². The second kappa shape index (κ2) is 7.79. The van der Waals surface area contributed by atoms with Gasteiger partial charge >= 0.3 is 6.18 Å². The Morgan fingerprint density at radius 2 is 1.90 bits per heavy atom. The molecular weight excluding hydrogens is 389 g/mol. The lowest BCUT2D eigenvalue weighted by atomic mass is 9.83. The molecule has 2 amide bonds. The summed E-state index contributed by atoms with van der Waals surface area (Å²) in [5.41, 5.74) is 4.12. The van der Waals surface area contributed by atoms with Gasteiger partial charge in [-0.05, 0) is 30.3 Å². The van der Waals surface area contributed by atoms with Crippen LogP contribution in [0.3, 0.4) is 0 Å². The van der Waals surface area contributed by atoms with Crippen LogP contribution in [-0.2, 0) is 6.18 Å². The van der Waals surface area contributed by atoms with Gasteiger partial charge in [-0.3, -0.25) is 9.59 Å². The van der Waals surface area contributed by atoms with Crippen molar-refractivity contribution >= 4 is 17.5 Å². The summed E-state index contributed by atoms with van der Waals surface area (Å²) in [4.78, 5) is 27.4. The van der Waals surface area contributed by atoms with Crippen LogP contribution in [0.1, 0.15) is 39.1 Å². The summed E-state index contributed by atoms with van der Waals surface area (Å²) in [6.07, 6.45) is -3.67. The Morgan fingerprint density at radius 3 is 2.45 bits per heavy atom. The van der Waals surface area contributed by atoms with Crippen LogP contribution < -0.4 is 15.8 Å². The monoisotopic (exact) mass is 404 g/mol. The van der Waals surface area contributed by atoms with Crippen LogP contribution in [0.15, 0.2) is 36.5 Å². The van der Waals surface area contributed by atoms with Crippen LogP contribution >= 0.6 is 0 Å². The predicted octanol–water partition coefficient (Wildman–Crippen LogP) is 3.13. The summed E-state index contributed by atoms with van der Waals surface area (Å²) in [6.45, 7) is 0. The molecule has 1 saturated carbocycles. The number of anilines is 1. The minimum absolute atomic E-state index is 0.185. The number of aromatic nitrogens is 1. The highest BCUT2D eigenvalue weighted by Crippen LogP contribution is 2.34. The summed E-state index contributed by atoms with van der Waals surface area (Å²) < 4.78 is 44.7. The lowest BCUT2D eigenvalue weighted by Crippen LogP contribution is -2.33. The molecule has 10 heteroatoms. The van der Waals surface area contributed by atoms with Crippen molar-refractivity contribution in [3.05, 3.63) is 53.2 Å². The largest absolute Gasteiger partial charge is 0.474 e. The molecule has 1 aromatic carbocycles. The van der Waals surface area contributed by atoms with E-state index in [9.17, 15) is 22.8 Å². The van der Waals surface area contributed by atoms with E-state index < -0.39 is 29.7 Å². The summed E-state index contributed by atoms with van der Waals surface area (Å²) in [7, 11) is 0. The Hall–Kier alpha value is -3.61. The van der Waals surface area contributed by atoms with Gasteiger partial charge in [-0.25, -0.2) is 4.98 Å². The van der Waals surface area contributed by atoms with Crippen molar-refractivity contribution in [1.29, 1.82) is 5.26 Å².